The van der Waals surface area contributed by atoms with Crippen LogP contribution in [0.15, 0.2) is 12.2 Å². The molecule has 0 unspecified atom stereocenters. The first kappa shape index (κ1) is 9.30. The van der Waals surface area contributed by atoms with Crippen LogP contribution in [-0.4, -0.2) is 13.1 Å². The number of ether oxygens (including phenoxy) is 1. The van der Waals surface area contributed by atoms with Crippen LogP contribution in [0.2, 0.25) is 0 Å². The number of hydrogen-bond acceptors (Lipinski definition) is 2. The molecule has 1 aliphatic rings. The topological polar surface area (TPSA) is 26.3 Å². The molecule has 0 aliphatic heterocycles. The maximum atomic E-state index is 10.7. The molecule has 0 amide bonds. The summed E-state index contributed by atoms with van der Waals surface area (Å²) in [7, 11) is 1.43. The summed E-state index contributed by atoms with van der Waals surface area (Å²) in [4.78, 5) is 10.7. The van der Waals surface area contributed by atoms with Crippen molar-refractivity contribution in [3.05, 3.63) is 12.2 Å². The quantitative estimate of drug-likeness (QED) is 0.465. The molecule has 0 aromatic rings. The van der Waals surface area contributed by atoms with Crippen molar-refractivity contribution in [2.75, 3.05) is 7.11 Å². The maximum absolute atomic E-state index is 10.7. The predicted molar refractivity (Wildman–Crippen MR) is 47.7 cm³/mol. The van der Waals surface area contributed by atoms with Crippen LogP contribution in [0, 0.1) is 5.92 Å². The first-order valence-corrected chi connectivity index (χ1v) is 4.54. The van der Waals surface area contributed by atoms with Crippen LogP contribution < -0.4 is 0 Å². The molecule has 1 aliphatic carbocycles. The third-order valence-corrected chi connectivity index (χ3v) is 2.08. The molecule has 1 rings (SSSR count). The Hall–Kier alpha value is -0.790. The van der Waals surface area contributed by atoms with E-state index < -0.39 is 0 Å². The van der Waals surface area contributed by atoms with E-state index in [9.17, 15) is 4.79 Å². The Kier molecular flexibility index (Phi) is 3.85. The van der Waals surface area contributed by atoms with E-state index in [4.69, 9.17) is 0 Å². The average molecular weight is 168 g/mol. The van der Waals surface area contributed by atoms with E-state index in [0.29, 0.717) is 6.42 Å². The van der Waals surface area contributed by atoms with E-state index in [1.807, 2.05) is 0 Å². The fourth-order valence-electron chi connectivity index (χ4n) is 1.06. The molecule has 0 N–H and O–H groups in total. The lowest BCUT2D eigenvalue weighted by Crippen LogP contribution is -1.97. The molecule has 0 saturated heterocycles. The lowest BCUT2D eigenvalue weighted by molar-refractivity contribution is -0.140. The summed E-state index contributed by atoms with van der Waals surface area (Å²) in [5, 5.41) is 0. The van der Waals surface area contributed by atoms with E-state index in [2.05, 4.69) is 16.9 Å². The van der Waals surface area contributed by atoms with Crippen LogP contribution in [-0.2, 0) is 9.53 Å². The van der Waals surface area contributed by atoms with Gasteiger partial charge in [0.05, 0.1) is 7.11 Å². The SMILES string of the molecule is COC(=O)CCC=CCC1CC1. The summed E-state index contributed by atoms with van der Waals surface area (Å²) in [6, 6.07) is 0. The highest BCUT2D eigenvalue weighted by Gasteiger charge is 2.18. The van der Waals surface area contributed by atoms with Gasteiger partial charge < -0.3 is 4.74 Å². The molecule has 1 fully saturated rings. The largest absolute Gasteiger partial charge is 0.469 e. The molecule has 68 valence electrons. The van der Waals surface area contributed by atoms with Crippen LogP contribution in [0.3, 0.4) is 0 Å². The zero-order valence-corrected chi connectivity index (χ0v) is 7.58. The number of carbonyl (C=O) groups excluding carboxylic acids is 1. The molecule has 0 aromatic carbocycles. The molecule has 0 spiro atoms. The highest BCUT2D eigenvalue weighted by Crippen LogP contribution is 2.32. The summed E-state index contributed by atoms with van der Waals surface area (Å²) in [5.74, 6) is 0.824. The van der Waals surface area contributed by atoms with E-state index in [-0.39, 0.29) is 5.97 Å². The number of rotatable bonds is 5. The lowest BCUT2D eigenvalue weighted by atomic mass is 10.2. The molecule has 12 heavy (non-hydrogen) atoms. The number of carbonyl (C=O) groups is 1. The van der Waals surface area contributed by atoms with Crippen molar-refractivity contribution in [1.82, 2.24) is 0 Å². The fraction of sp³-hybridized carbons (Fsp3) is 0.700. The van der Waals surface area contributed by atoms with Gasteiger partial charge in [0.25, 0.3) is 0 Å². The number of esters is 1. The van der Waals surface area contributed by atoms with Crippen LogP contribution in [0.1, 0.15) is 32.1 Å². The van der Waals surface area contributed by atoms with Gasteiger partial charge in [-0.3, -0.25) is 4.79 Å². The van der Waals surface area contributed by atoms with Crippen molar-refractivity contribution >= 4 is 5.97 Å². The second kappa shape index (κ2) is 4.96. The normalized spacial score (nSPS) is 16.8. The van der Waals surface area contributed by atoms with Gasteiger partial charge in [-0.05, 0) is 31.6 Å². The Morgan fingerprint density at radius 2 is 2.25 bits per heavy atom. The Balaban J connectivity index is 1.92. The smallest absolute Gasteiger partial charge is 0.305 e. The highest BCUT2D eigenvalue weighted by atomic mass is 16.5. The Morgan fingerprint density at radius 1 is 1.50 bits per heavy atom. The summed E-state index contributed by atoms with van der Waals surface area (Å²) >= 11 is 0. The summed E-state index contributed by atoms with van der Waals surface area (Å²) in [6.45, 7) is 0. The first-order chi connectivity index (χ1) is 5.83. The minimum Gasteiger partial charge on any atom is -0.469 e. The van der Waals surface area contributed by atoms with Crippen LogP contribution in [0.25, 0.3) is 0 Å². The Labute approximate surface area is 73.6 Å². The maximum Gasteiger partial charge on any atom is 0.305 e. The average Bonchev–Trinajstić information content (AvgIpc) is 2.87. The summed E-state index contributed by atoms with van der Waals surface area (Å²) in [6.07, 6.45) is 9.57. The monoisotopic (exact) mass is 168 g/mol. The van der Waals surface area contributed by atoms with E-state index in [1.165, 1.54) is 26.4 Å². The van der Waals surface area contributed by atoms with Crippen LogP contribution in [0.5, 0.6) is 0 Å². The van der Waals surface area contributed by atoms with Gasteiger partial charge in [0.15, 0.2) is 0 Å². The van der Waals surface area contributed by atoms with Gasteiger partial charge in [-0.25, -0.2) is 0 Å². The molecular weight excluding hydrogens is 152 g/mol. The van der Waals surface area contributed by atoms with E-state index in [0.717, 1.165) is 12.3 Å². The van der Waals surface area contributed by atoms with Gasteiger partial charge in [0.1, 0.15) is 0 Å². The number of hydrogen-bond donors (Lipinski definition) is 0. The molecule has 0 radical (unpaired) electrons. The third kappa shape index (κ3) is 4.16. The van der Waals surface area contributed by atoms with Crippen molar-refractivity contribution in [1.29, 1.82) is 0 Å². The highest BCUT2D eigenvalue weighted by molar-refractivity contribution is 5.69. The lowest BCUT2D eigenvalue weighted by Gasteiger charge is -1.93. The van der Waals surface area contributed by atoms with Gasteiger partial charge in [-0.2, -0.15) is 0 Å². The molecule has 0 heterocycles. The van der Waals surface area contributed by atoms with Crippen molar-refractivity contribution < 1.29 is 9.53 Å². The van der Waals surface area contributed by atoms with Crippen molar-refractivity contribution in [2.45, 2.75) is 32.1 Å². The number of allylic oxidation sites excluding steroid dienone is 2. The van der Waals surface area contributed by atoms with Crippen LogP contribution >= 0.6 is 0 Å². The van der Waals surface area contributed by atoms with Crippen molar-refractivity contribution in [3.8, 4) is 0 Å². The zero-order chi connectivity index (χ0) is 8.81. The first-order valence-electron chi connectivity index (χ1n) is 4.54. The van der Waals surface area contributed by atoms with Crippen LogP contribution in [0.4, 0.5) is 0 Å². The standard InChI is InChI=1S/C10H16O2/c1-12-10(11)6-4-2-3-5-9-7-8-9/h2-3,9H,4-8H2,1H3. The predicted octanol–water partition coefficient (Wildman–Crippen LogP) is 2.30. The molecule has 1 saturated carbocycles. The molecule has 0 bridgehead atoms. The zero-order valence-electron chi connectivity index (χ0n) is 7.58. The van der Waals surface area contributed by atoms with Gasteiger partial charge in [0.2, 0.25) is 0 Å². The number of methoxy groups -OCH3 is 1. The van der Waals surface area contributed by atoms with Gasteiger partial charge >= 0.3 is 5.97 Å². The van der Waals surface area contributed by atoms with E-state index >= 15 is 0 Å². The van der Waals surface area contributed by atoms with Gasteiger partial charge in [-0.15, -0.1) is 0 Å². The van der Waals surface area contributed by atoms with Crippen molar-refractivity contribution in [2.24, 2.45) is 5.92 Å². The third-order valence-electron chi connectivity index (χ3n) is 2.08. The summed E-state index contributed by atoms with van der Waals surface area (Å²) < 4.78 is 4.52. The molecule has 0 aromatic heterocycles. The summed E-state index contributed by atoms with van der Waals surface area (Å²) in [5.41, 5.74) is 0. The molecule has 2 nitrogen and oxygen atoms in total. The second-order valence-corrected chi connectivity index (χ2v) is 3.27. The molecular formula is C10H16O2. The Morgan fingerprint density at radius 3 is 2.83 bits per heavy atom. The van der Waals surface area contributed by atoms with Gasteiger partial charge in [-0.1, -0.05) is 12.2 Å². The Bertz CT molecular complexity index is 169. The van der Waals surface area contributed by atoms with Gasteiger partial charge in [0, 0.05) is 6.42 Å². The molecule has 2 heteroatoms. The van der Waals surface area contributed by atoms with E-state index in [1.54, 1.807) is 0 Å². The minimum atomic E-state index is -0.119. The fourth-order valence-corrected chi connectivity index (χ4v) is 1.06. The second-order valence-electron chi connectivity index (χ2n) is 3.27. The minimum absolute atomic E-state index is 0.119. The molecule has 0 atom stereocenters. The van der Waals surface area contributed by atoms with Crippen molar-refractivity contribution in [3.63, 3.8) is 0 Å².